The average molecular weight is 270 g/mol. The van der Waals surface area contributed by atoms with Crippen LogP contribution >= 0.6 is 0 Å². The van der Waals surface area contributed by atoms with E-state index < -0.39 is 0 Å². The number of nitrogen functional groups attached to an aromatic ring is 1. The number of hydrogen-bond acceptors (Lipinski definition) is 3. The molecular formula is C17H22N2O. The van der Waals surface area contributed by atoms with Gasteiger partial charge in [-0.3, -0.25) is 4.90 Å². The molecule has 3 nitrogen and oxygen atoms in total. The van der Waals surface area contributed by atoms with Crippen LogP contribution < -0.4 is 5.73 Å². The smallest absolute Gasteiger partial charge is 0.0595 e. The molecule has 0 amide bonds. The van der Waals surface area contributed by atoms with Crippen molar-refractivity contribution in [2.24, 2.45) is 0 Å². The third kappa shape index (κ3) is 2.79. The molecule has 0 atom stereocenters. The third-order valence-corrected chi connectivity index (χ3v) is 4.27. The topological polar surface area (TPSA) is 38.5 Å². The highest BCUT2D eigenvalue weighted by Gasteiger charge is 2.19. The second-order valence-corrected chi connectivity index (χ2v) is 5.61. The molecule has 0 spiro atoms. The summed E-state index contributed by atoms with van der Waals surface area (Å²) in [5.41, 5.74) is 8.34. The molecule has 2 aromatic rings. The number of benzene rings is 2. The fourth-order valence-electron chi connectivity index (χ4n) is 2.99. The molecule has 2 aromatic carbocycles. The molecule has 0 saturated carbocycles. The molecule has 106 valence electrons. The van der Waals surface area contributed by atoms with Crippen LogP contribution in [0.25, 0.3) is 10.8 Å². The van der Waals surface area contributed by atoms with Crippen LogP contribution in [0, 0.1) is 0 Å². The molecule has 1 aliphatic rings. The molecule has 0 unspecified atom stereocenters. The minimum Gasteiger partial charge on any atom is -0.398 e. The van der Waals surface area contributed by atoms with Crippen molar-refractivity contribution in [3.63, 3.8) is 0 Å². The highest BCUT2D eigenvalue weighted by atomic mass is 16.5. The molecule has 1 heterocycles. The maximum absolute atomic E-state index is 6.21. The average Bonchev–Trinajstić information content (AvgIpc) is 2.49. The minimum atomic E-state index is 0.431. The van der Waals surface area contributed by atoms with Crippen molar-refractivity contribution in [2.45, 2.75) is 25.5 Å². The Morgan fingerprint density at radius 1 is 1.15 bits per heavy atom. The van der Waals surface area contributed by atoms with Gasteiger partial charge < -0.3 is 10.5 Å². The van der Waals surface area contributed by atoms with Gasteiger partial charge in [0.2, 0.25) is 0 Å². The van der Waals surface area contributed by atoms with E-state index in [0.29, 0.717) is 6.10 Å². The van der Waals surface area contributed by atoms with Gasteiger partial charge in [-0.2, -0.15) is 0 Å². The van der Waals surface area contributed by atoms with E-state index in [1.807, 2.05) is 7.11 Å². The largest absolute Gasteiger partial charge is 0.398 e. The van der Waals surface area contributed by atoms with Crippen LogP contribution in [0.1, 0.15) is 18.4 Å². The van der Waals surface area contributed by atoms with Crippen molar-refractivity contribution >= 4 is 16.5 Å². The number of piperidine rings is 1. The highest BCUT2D eigenvalue weighted by Crippen LogP contribution is 2.24. The quantitative estimate of drug-likeness (QED) is 0.871. The Morgan fingerprint density at radius 3 is 2.45 bits per heavy atom. The number of likely N-dealkylation sites (tertiary alicyclic amines) is 1. The van der Waals surface area contributed by atoms with Gasteiger partial charge >= 0.3 is 0 Å². The summed E-state index contributed by atoms with van der Waals surface area (Å²) in [6.07, 6.45) is 2.66. The lowest BCUT2D eigenvalue weighted by Crippen LogP contribution is -2.36. The lowest BCUT2D eigenvalue weighted by Gasteiger charge is -2.31. The van der Waals surface area contributed by atoms with Gasteiger partial charge in [-0.05, 0) is 41.3 Å². The maximum Gasteiger partial charge on any atom is 0.0595 e. The van der Waals surface area contributed by atoms with E-state index in [9.17, 15) is 0 Å². The molecule has 0 aliphatic carbocycles. The monoisotopic (exact) mass is 270 g/mol. The third-order valence-electron chi connectivity index (χ3n) is 4.27. The summed E-state index contributed by atoms with van der Waals surface area (Å²) >= 11 is 0. The van der Waals surface area contributed by atoms with Crippen molar-refractivity contribution in [1.29, 1.82) is 0 Å². The molecule has 0 bridgehead atoms. The van der Waals surface area contributed by atoms with Crippen LogP contribution in [0.5, 0.6) is 0 Å². The van der Waals surface area contributed by atoms with E-state index in [2.05, 4.69) is 41.3 Å². The molecule has 1 saturated heterocycles. The lowest BCUT2D eigenvalue weighted by atomic mass is 10.0. The van der Waals surface area contributed by atoms with Gasteiger partial charge in [0.15, 0.2) is 0 Å². The van der Waals surface area contributed by atoms with E-state index in [-0.39, 0.29) is 0 Å². The SMILES string of the molecule is COC1CCN(Cc2cc3ccccc3cc2N)CC1. The number of methoxy groups -OCH3 is 1. The summed E-state index contributed by atoms with van der Waals surface area (Å²) in [5.74, 6) is 0. The predicted octanol–water partition coefficient (Wildman–Crippen LogP) is 3.03. The zero-order valence-corrected chi connectivity index (χ0v) is 12.0. The summed E-state index contributed by atoms with van der Waals surface area (Å²) in [6, 6.07) is 12.7. The Hall–Kier alpha value is -1.58. The summed E-state index contributed by atoms with van der Waals surface area (Å²) < 4.78 is 5.42. The Kier molecular flexibility index (Phi) is 3.90. The molecule has 0 radical (unpaired) electrons. The Bertz CT molecular complexity index is 589. The van der Waals surface area contributed by atoms with Crippen molar-refractivity contribution in [3.8, 4) is 0 Å². The van der Waals surface area contributed by atoms with E-state index >= 15 is 0 Å². The molecule has 1 aliphatic heterocycles. The summed E-state index contributed by atoms with van der Waals surface area (Å²) in [4.78, 5) is 2.47. The normalized spacial score (nSPS) is 17.6. The van der Waals surface area contributed by atoms with Crippen LogP contribution in [-0.2, 0) is 11.3 Å². The minimum absolute atomic E-state index is 0.431. The van der Waals surface area contributed by atoms with Crippen LogP contribution in [0.4, 0.5) is 5.69 Å². The van der Waals surface area contributed by atoms with Crippen LogP contribution in [-0.4, -0.2) is 31.2 Å². The molecule has 2 N–H and O–H groups in total. The fraction of sp³-hybridized carbons (Fsp3) is 0.412. The number of fused-ring (bicyclic) bond motifs is 1. The summed E-state index contributed by atoms with van der Waals surface area (Å²) in [5, 5.41) is 2.48. The van der Waals surface area contributed by atoms with Crippen LogP contribution in [0.3, 0.4) is 0 Å². The molecule has 0 aromatic heterocycles. The molecule has 20 heavy (non-hydrogen) atoms. The van der Waals surface area contributed by atoms with E-state index in [4.69, 9.17) is 10.5 Å². The number of hydrogen-bond donors (Lipinski definition) is 1. The van der Waals surface area contributed by atoms with Crippen molar-refractivity contribution in [3.05, 3.63) is 42.0 Å². The van der Waals surface area contributed by atoms with Gasteiger partial charge in [-0.25, -0.2) is 0 Å². The molecule has 1 fully saturated rings. The van der Waals surface area contributed by atoms with Gasteiger partial charge in [0.05, 0.1) is 6.10 Å². The van der Waals surface area contributed by atoms with E-state index in [1.165, 1.54) is 16.3 Å². The first-order valence-electron chi connectivity index (χ1n) is 7.28. The highest BCUT2D eigenvalue weighted by molar-refractivity contribution is 5.86. The molecular weight excluding hydrogens is 248 g/mol. The van der Waals surface area contributed by atoms with Crippen molar-refractivity contribution in [2.75, 3.05) is 25.9 Å². The van der Waals surface area contributed by atoms with Gasteiger partial charge in [0, 0.05) is 32.4 Å². The Balaban J connectivity index is 1.76. The Morgan fingerprint density at radius 2 is 1.80 bits per heavy atom. The molecule has 3 rings (SSSR count). The van der Waals surface area contributed by atoms with Crippen molar-refractivity contribution < 1.29 is 4.74 Å². The Labute approximate surface area is 120 Å². The number of rotatable bonds is 3. The fourth-order valence-corrected chi connectivity index (χ4v) is 2.99. The second kappa shape index (κ2) is 5.81. The van der Waals surface area contributed by atoms with Gasteiger partial charge in [-0.1, -0.05) is 24.3 Å². The summed E-state index contributed by atoms with van der Waals surface area (Å²) in [6.45, 7) is 3.11. The van der Waals surface area contributed by atoms with Crippen LogP contribution in [0.15, 0.2) is 36.4 Å². The summed E-state index contributed by atoms with van der Waals surface area (Å²) in [7, 11) is 1.81. The molecule has 3 heteroatoms. The first-order valence-corrected chi connectivity index (χ1v) is 7.28. The first kappa shape index (κ1) is 13.4. The number of nitrogens with two attached hydrogens (primary N) is 1. The predicted molar refractivity (Wildman–Crippen MR) is 83.7 cm³/mol. The van der Waals surface area contributed by atoms with Gasteiger partial charge in [0.25, 0.3) is 0 Å². The van der Waals surface area contributed by atoms with Gasteiger partial charge in [-0.15, -0.1) is 0 Å². The zero-order valence-electron chi connectivity index (χ0n) is 12.0. The number of nitrogens with zero attached hydrogens (tertiary/aromatic N) is 1. The van der Waals surface area contributed by atoms with Gasteiger partial charge in [0.1, 0.15) is 0 Å². The lowest BCUT2D eigenvalue weighted by molar-refractivity contribution is 0.0389. The number of anilines is 1. The van der Waals surface area contributed by atoms with E-state index in [1.54, 1.807) is 0 Å². The van der Waals surface area contributed by atoms with E-state index in [0.717, 1.165) is 38.2 Å². The van der Waals surface area contributed by atoms with Crippen LogP contribution in [0.2, 0.25) is 0 Å². The first-order chi connectivity index (χ1) is 9.76. The number of ether oxygens (including phenoxy) is 1. The second-order valence-electron chi connectivity index (χ2n) is 5.61. The van der Waals surface area contributed by atoms with Crippen molar-refractivity contribution in [1.82, 2.24) is 4.90 Å². The zero-order chi connectivity index (χ0) is 13.9. The maximum atomic E-state index is 6.21. The standard InChI is InChI=1S/C17H22N2O/c1-20-16-6-8-19(9-7-16)12-15-10-13-4-2-3-5-14(13)11-17(15)18/h2-5,10-11,16H,6-9,12,18H2,1H3.